The molecule has 1 rings (SSSR count). The summed E-state index contributed by atoms with van der Waals surface area (Å²) >= 11 is 0. The van der Waals surface area contributed by atoms with Crippen LogP contribution in [0.2, 0.25) is 0 Å². The lowest BCUT2D eigenvalue weighted by Gasteiger charge is -1.90. The highest BCUT2D eigenvalue weighted by atomic mass is 16.5. The number of esters is 1. The topological polar surface area (TPSA) is 35.5 Å². The van der Waals surface area contributed by atoms with Crippen LogP contribution in [-0.2, 0) is 14.3 Å². The highest BCUT2D eigenvalue weighted by Gasteiger charge is 1.94. The van der Waals surface area contributed by atoms with Gasteiger partial charge in [-0.05, 0) is 19.8 Å². The monoisotopic (exact) mass is 260 g/mol. The van der Waals surface area contributed by atoms with Crippen molar-refractivity contribution in [3.63, 3.8) is 0 Å². The minimum atomic E-state index is -0.211. The van der Waals surface area contributed by atoms with Crippen LogP contribution in [0.5, 0.6) is 0 Å². The van der Waals surface area contributed by atoms with Crippen molar-refractivity contribution in [2.75, 3.05) is 19.8 Å². The van der Waals surface area contributed by atoms with Crippen LogP contribution in [0.1, 0.15) is 72.6 Å². The van der Waals surface area contributed by atoms with E-state index in [0.717, 1.165) is 13.2 Å². The highest BCUT2D eigenvalue weighted by molar-refractivity contribution is 5.65. The van der Waals surface area contributed by atoms with Gasteiger partial charge >= 0.3 is 5.97 Å². The molecule has 1 aliphatic rings. The van der Waals surface area contributed by atoms with Crippen LogP contribution in [0, 0.1) is 0 Å². The fourth-order valence-electron chi connectivity index (χ4n) is 1.39. The molecule has 1 aliphatic heterocycles. The average molecular weight is 260 g/mol. The second kappa shape index (κ2) is 18.8. The number of unbranched alkanes of at least 4 members (excludes halogenated alkanes) is 4. The third-order valence-corrected chi connectivity index (χ3v) is 2.38. The molecule has 0 spiro atoms. The first-order chi connectivity index (χ1) is 8.68. The standard InChI is InChI=1S/C7H16.C4H8O2.C4H8O/c1-3-5-7-6-4-2;1-3-6-4(2)5;1-2-4-5-3-1/h3-7H2,1-2H3;3H2,1-2H3;1-4H2. The van der Waals surface area contributed by atoms with E-state index in [4.69, 9.17) is 4.74 Å². The van der Waals surface area contributed by atoms with Gasteiger partial charge in [0.1, 0.15) is 0 Å². The maximum Gasteiger partial charge on any atom is 0.302 e. The van der Waals surface area contributed by atoms with Crippen molar-refractivity contribution in [1.82, 2.24) is 0 Å². The maximum absolute atomic E-state index is 9.82. The van der Waals surface area contributed by atoms with Crippen molar-refractivity contribution in [2.45, 2.75) is 72.6 Å². The summed E-state index contributed by atoms with van der Waals surface area (Å²) in [5, 5.41) is 0. The lowest BCUT2D eigenvalue weighted by molar-refractivity contribution is -0.140. The summed E-state index contributed by atoms with van der Waals surface area (Å²) < 4.78 is 9.35. The maximum atomic E-state index is 9.82. The molecule has 0 aliphatic carbocycles. The molecule has 0 saturated carbocycles. The first kappa shape index (κ1) is 19.8. The van der Waals surface area contributed by atoms with E-state index in [1.165, 1.54) is 51.9 Å². The second-order valence-corrected chi connectivity index (χ2v) is 4.30. The van der Waals surface area contributed by atoms with Gasteiger partial charge in [-0.2, -0.15) is 0 Å². The SMILES string of the molecule is C1CCOC1.CCCCCCC.CCOC(C)=O. The molecular weight excluding hydrogens is 228 g/mol. The van der Waals surface area contributed by atoms with Crippen LogP contribution >= 0.6 is 0 Å². The van der Waals surface area contributed by atoms with Gasteiger partial charge in [-0.25, -0.2) is 0 Å². The van der Waals surface area contributed by atoms with Crippen LogP contribution in [0.15, 0.2) is 0 Å². The molecule has 0 bridgehead atoms. The molecule has 1 fully saturated rings. The molecule has 110 valence electrons. The van der Waals surface area contributed by atoms with Gasteiger partial charge in [0.2, 0.25) is 0 Å². The third kappa shape index (κ3) is 24.6. The van der Waals surface area contributed by atoms with Gasteiger partial charge in [0.15, 0.2) is 0 Å². The van der Waals surface area contributed by atoms with Crippen LogP contribution in [0.25, 0.3) is 0 Å². The third-order valence-electron chi connectivity index (χ3n) is 2.38. The van der Waals surface area contributed by atoms with Crippen molar-refractivity contribution in [3.8, 4) is 0 Å². The normalized spacial score (nSPS) is 12.9. The van der Waals surface area contributed by atoms with E-state index in [1.807, 2.05) is 0 Å². The highest BCUT2D eigenvalue weighted by Crippen LogP contribution is 2.00. The predicted molar refractivity (Wildman–Crippen MR) is 76.8 cm³/mol. The summed E-state index contributed by atoms with van der Waals surface area (Å²) in [4.78, 5) is 9.82. The van der Waals surface area contributed by atoms with E-state index in [9.17, 15) is 4.79 Å². The molecule has 1 heterocycles. The molecule has 0 N–H and O–H groups in total. The van der Waals surface area contributed by atoms with E-state index in [1.54, 1.807) is 6.92 Å². The predicted octanol–water partition coefficient (Wildman–Crippen LogP) is 4.34. The number of carbonyl (C=O) groups is 1. The van der Waals surface area contributed by atoms with E-state index >= 15 is 0 Å². The number of rotatable bonds is 5. The first-order valence-corrected chi connectivity index (χ1v) is 7.40. The number of carbonyl (C=O) groups excluding carboxylic acids is 1. The first-order valence-electron chi connectivity index (χ1n) is 7.40. The van der Waals surface area contributed by atoms with Crippen molar-refractivity contribution < 1.29 is 14.3 Å². The van der Waals surface area contributed by atoms with Gasteiger partial charge in [-0.15, -0.1) is 0 Å². The quantitative estimate of drug-likeness (QED) is 0.545. The van der Waals surface area contributed by atoms with Crippen LogP contribution < -0.4 is 0 Å². The molecule has 3 nitrogen and oxygen atoms in total. The second-order valence-electron chi connectivity index (χ2n) is 4.30. The lowest BCUT2D eigenvalue weighted by Crippen LogP contribution is -1.95. The fourth-order valence-corrected chi connectivity index (χ4v) is 1.39. The summed E-state index contributed by atoms with van der Waals surface area (Å²) in [6, 6.07) is 0. The van der Waals surface area contributed by atoms with E-state index in [0.29, 0.717) is 6.61 Å². The Hall–Kier alpha value is -0.570. The van der Waals surface area contributed by atoms with Gasteiger partial charge in [0.05, 0.1) is 6.61 Å². The van der Waals surface area contributed by atoms with E-state index in [-0.39, 0.29) is 5.97 Å². The summed E-state index contributed by atoms with van der Waals surface area (Å²) in [6.07, 6.45) is 9.56. The molecule has 0 aromatic rings. The number of ether oxygens (including phenoxy) is 2. The molecule has 0 radical (unpaired) electrons. The summed E-state index contributed by atoms with van der Waals surface area (Å²) in [7, 11) is 0. The van der Waals surface area contributed by atoms with Crippen molar-refractivity contribution >= 4 is 5.97 Å². The Kier molecular flexibility index (Phi) is 20.6. The van der Waals surface area contributed by atoms with Gasteiger partial charge in [0.25, 0.3) is 0 Å². The molecule has 0 amide bonds. The molecule has 1 saturated heterocycles. The molecule has 0 aromatic carbocycles. The Balaban J connectivity index is 0. The van der Waals surface area contributed by atoms with Gasteiger partial charge < -0.3 is 9.47 Å². The van der Waals surface area contributed by atoms with Crippen molar-refractivity contribution in [3.05, 3.63) is 0 Å². The number of hydrogen-bond donors (Lipinski definition) is 0. The zero-order valence-electron chi connectivity index (χ0n) is 12.8. The van der Waals surface area contributed by atoms with Gasteiger partial charge in [0, 0.05) is 20.1 Å². The van der Waals surface area contributed by atoms with E-state index in [2.05, 4.69) is 18.6 Å². The summed E-state index contributed by atoms with van der Waals surface area (Å²) in [6.45, 7) is 10.1. The van der Waals surface area contributed by atoms with Crippen molar-refractivity contribution in [1.29, 1.82) is 0 Å². The van der Waals surface area contributed by atoms with Gasteiger partial charge in [-0.1, -0.05) is 46.0 Å². The molecule has 0 atom stereocenters. The van der Waals surface area contributed by atoms with Crippen LogP contribution in [-0.4, -0.2) is 25.8 Å². The number of hydrogen-bond acceptors (Lipinski definition) is 3. The van der Waals surface area contributed by atoms with Gasteiger partial charge in [-0.3, -0.25) is 4.79 Å². The summed E-state index contributed by atoms with van der Waals surface area (Å²) in [5.41, 5.74) is 0. The molecular formula is C15H32O3. The van der Waals surface area contributed by atoms with Crippen LogP contribution in [0.4, 0.5) is 0 Å². The minimum absolute atomic E-state index is 0.211. The van der Waals surface area contributed by atoms with Crippen LogP contribution in [0.3, 0.4) is 0 Å². The Labute approximate surface area is 113 Å². The molecule has 18 heavy (non-hydrogen) atoms. The zero-order chi connectivity index (χ0) is 14.1. The van der Waals surface area contributed by atoms with E-state index < -0.39 is 0 Å². The lowest BCUT2D eigenvalue weighted by atomic mass is 10.2. The average Bonchev–Trinajstić information content (AvgIpc) is 2.89. The Morgan fingerprint density at radius 1 is 1.00 bits per heavy atom. The Morgan fingerprint density at radius 2 is 1.50 bits per heavy atom. The largest absolute Gasteiger partial charge is 0.466 e. The smallest absolute Gasteiger partial charge is 0.302 e. The minimum Gasteiger partial charge on any atom is -0.466 e. The molecule has 0 aromatic heterocycles. The fraction of sp³-hybridized carbons (Fsp3) is 0.933. The molecule has 0 unspecified atom stereocenters. The Morgan fingerprint density at radius 3 is 1.67 bits per heavy atom. The summed E-state index contributed by atoms with van der Waals surface area (Å²) in [5.74, 6) is -0.211. The zero-order valence-corrected chi connectivity index (χ0v) is 12.8. The Bertz CT molecular complexity index is 142. The van der Waals surface area contributed by atoms with Crippen molar-refractivity contribution in [2.24, 2.45) is 0 Å². The molecule has 3 heteroatoms.